The molecule has 96 valence electrons. The standard InChI is InChI=1S/C10H10BrClN4O2/c1-5-8(12)7(15(2)14-5)4-16-3-6(11)9(17)13-10(16)18/h3H,4H2,1-2H3,(H,13,17,18). The molecule has 0 unspecified atom stereocenters. The lowest BCUT2D eigenvalue weighted by atomic mass is 10.3. The monoisotopic (exact) mass is 332 g/mol. The molecule has 0 saturated heterocycles. The maximum atomic E-state index is 11.6. The molecule has 0 saturated carbocycles. The van der Waals surface area contributed by atoms with Crippen LogP contribution in [0.15, 0.2) is 20.3 Å². The van der Waals surface area contributed by atoms with Crippen LogP contribution in [-0.2, 0) is 13.6 Å². The molecule has 0 aromatic carbocycles. The minimum Gasteiger partial charge on any atom is -0.293 e. The summed E-state index contributed by atoms with van der Waals surface area (Å²) in [6.07, 6.45) is 1.43. The van der Waals surface area contributed by atoms with E-state index in [2.05, 4.69) is 26.0 Å². The summed E-state index contributed by atoms with van der Waals surface area (Å²) in [5.74, 6) is 0. The molecule has 0 fully saturated rings. The van der Waals surface area contributed by atoms with Gasteiger partial charge in [-0.1, -0.05) is 11.6 Å². The Kier molecular flexibility index (Phi) is 3.45. The lowest BCUT2D eigenvalue weighted by molar-refractivity contribution is 0.636. The van der Waals surface area contributed by atoms with Crippen molar-refractivity contribution in [2.24, 2.45) is 7.05 Å². The van der Waals surface area contributed by atoms with Crippen LogP contribution in [0.25, 0.3) is 0 Å². The average Bonchev–Trinajstić information content (AvgIpc) is 2.52. The van der Waals surface area contributed by atoms with Gasteiger partial charge in [-0.05, 0) is 22.9 Å². The van der Waals surface area contributed by atoms with Gasteiger partial charge in [0.05, 0.1) is 27.4 Å². The summed E-state index contributed by atoms with van der Waals surface area (Å²) >= 11 is 9.18. The molecule has 2 aromatic rings. The number of nitrogens with zero attached hydrogens (tertiary/aromatic N) is 3. The van der Waals surface area contributed by atoms with E-state index in [0.29, 0.717) is 16.4 Å². The Morgan fingerprint density at radius 3 is 2.72 bits per heavy atom. The molecule has 0 radical (unpaired) electrons. The normalized spacial score (nSPS) is 10.9. The van der Waals surface area contributed by atoms with Crippen molar-refractivity contribution in [1.82, 2.24) is 19.3 Å². The van der Waals surface area contributed by atoms with Crippen LogP contribution in [0.2, 0.25) is 5.02 Å². The molecular formula is C10H10BrClN4O2. The summed E-state index contributed by atoms with van der Waals surface area (Å²) < 4.78 is 3.26. The number of halogens is 2. The van der Waals surface area contributed by atoms with E-state index in [1.54, 1.807) is 18.7 Å². The van der Waals surface area contributed by atoms with Crippen LogP contribution in [0.5, 0.6) is 0 Å². The van der Waals surface area contributed by atoms with Crippen LogP contribution in [-0.4, -0.2) is 19.3 Å². The number of aromatic nitrogens is 4. The molecule has 0 aliphatic rings. The van der Waals surface area contributed by atoms with E-state index in [0.717, 1.165) is 0 Å². The van der Waals surface area contributed by atoms with Crippen molar-refractivity contribution in [2.75, 3.05) is 0 Å². The first-order valence-corrected chi connectivity index (χ1v) is 6.24. The van der Waals surface area contributed by atoms with Crippen molar-refractivity contribution in [3.05, 3.63) is 47.9 Å². The number of H-pyrrole nitrogens is 1. The van der Waals surface area contributed by atoms with Gasteiger partial charge in [0.15, 0.2) is 0 Å². The smallest absolute Gasteiger partial charge is 0.293 e. The number of hydrogen-bond acceptors (Lipinski definition) is 3. The Morgan fingerprint density at radius 2 is 2.17 bits per heavy atom. The second-order valence-corrected chi connectivity index (χ2v) is 5.07. The van der Waals surface area contributed by atoms with Gasteiger partial charge in [0.2, 0.25) is 0 Å². The predicted octanol–water partition coefficient (Wildman–Crippen LogP) is 1.04. The van der Waals surface area contributed by atoms with Gasteiger partial charge in [0.1, 0.15) is 0 Å². The first-order valence-electron chi connectivity index (χ1n) is 5.07. The molecule has 2 heterocycles. The Bertz CT molecular complexity index is 716. The Balaban J connectivity index is 2.50. The van der Waals surface area contributed by atoms with Crippen molar-refractivity contribution in [3.63, 3.8) is 0 Å². The summed E-state index contributed by atoms with van der Waals surface area (Å²) in [7, 11) is 1.75. The maximum absolute atomic E-state index is 11.6. The molecule has 0 aliphatic heterocycles. The fourth-order valence-electron chi connectivity index (χ4n) is 1.61. The number of nitrogens with one attached hydrogen (secondary N) is 1. The first kappa shape index (κ1) is 13.1. The molecule has 1 N–H and O–H groups in total. The molecule has 2 aromatic heterocycles. The van der Waals surface area contributed by atoms with Crippen LogP contribution in [0.1, 0.15) is 11.4 Å². The Hall–Kier alpha value is -1.34. The van der Waals surface area contributed by atoms with E-state index in [4.69, 9.17) is 11.6 Å². The highest BCUT2D eigenvalue weighted by Gasteiger charge is 2.12. The molecule has 0 amide bonds. The zero-order valence-electron chi connectivity index (χ0n) is 9.70. The summed E-state index contributed by atoms with van der Waals surface area (Å²) in [6, 6.07) is 0. The molecule has 8 heteroatoms. The van der Waals surface area contributed by atoms with Gasteiger partial charge >= 0.3 is 5.69 Å². The zero-order chi connectivity index (χ0) is 13.4. The van der Waals surface area contributed by atoms with Gasteiger partial charge in [0, 0.05) is 13.2 Å². The lowest BCUT2D eigenvalue weighted by Gasteiger charge is -2.06. The second kappa shape index (κ2) is 4.74. The SMILES string of the molecule is Cc1nn(C)c(Cn2cc(Br)c(=O)[nH]c2=O)c1Cl. The van der Waals surface area contributed by atoms with E-state index < -0.39 is 11.2 Å². The van der Waals surface area contributed by atoms with Crippen molar-refractivity contribution in [2.45, 2.75) is 13.5 Å². The third kappa shape index (κ3) is 2.28. The summed E-state index contributed by atoms with van der Waals surface area (Å²) in [4.78, 5) is 25.1. The van der Waals surface area contributed by atoms with Crippen molar-refractivity contribution < 1.29 is 0 Å². The van der Waals surface area contributed by atoms with Crippen LogP contribution >= 0.6 is 27.5 Å². The third-order valence-corrected chi connectivity index (χ3v) is 3.61. The van der Waals surface area contributed by atoms with Crippen LogP contribution in [0.3, 0.4) is 0 Å². The van der Waals surface area contributed by atoms with Gasteiger partial charge in [-0.25, -0.2) is 4.79 Å². The highest BCUT2D eigenvalue weighted by Crippen LogP contribution is 2.19. The molecule has 0 aliphatic carbocycles. The predicted molar refractivity (Wildman–Crippen MR) is 71.1 cm³/mol. The summed E-state index contributed by atoms with van der Waals surface area (Å²) in [6.45, 7) is 2.03. The molecule has 0 spiro atoms. The van der Waals surface area contributed by atoms with Gasteiger partial charge < -0.3 is 0 Å². The van der Waals surface area contributed by atoms with E-state index in [-0.39, 0.29) is 11.0 Å². The van der Waals surface area contributed by atoms with E-state index in [1.165, 1.54) is 10.8 Å². The van der Waals surface area contributed by atoms with Gasteiger partial charge in [0.25, 0.3) is 5.56 Å². The number of hydrogen-bond donors (Lipinski definition) is 1. The van der Waals surface area contributed by atoms with Crippen LogP contribution < -0.4 is 11.2 Å². The van der Waals surface area contributed by atoms with Gasteiger partial charge in [-0.3, -0.25) is 19.0 Å². The van der Waals surface area contributed by atoms with E-state index >= 15 is 0 Å². The second-order valence-electron chi connectivity index (χ2n) is 3.83. The largest absolute Gasteiger partial charge is 0.328 e. The number of aryl methyl sites for hydroxylation is 2. The topological polar surface area (TPSA) is 72.7 Å². The first-order chi connectivity index (χ1) is 8.40. The highest BCUT2D eigenvalue weighted by molar-refractivity contribution is 9.10. The Labute approximate surface area is 115 Å². The molecule has 0 bridgehead atoms. The molecular weight excluding hydrogens is 323 g/mol. The molecule has 2 rings (SSSR count). The minimum absolute atomic E-state index is 0.240. The molecule has 18 heavy (non-hydrogen) atoms. The van der Waals surface area contributed by atoms with E-state index in [9.17, 15) is 9.59 Å². The zero-order valence-corrected chi connectivity index (χ0v) is 12.0. The Morgan fingerprint density at radius 1 is 1.50 bits per heavy atom. The van der Waals surface area contributed by atoms with E-state index in [1.807, 2.05) is 0 Å². The van der Waals surface area contributed by atoms with Crippen LogP contribution in [0.4, 0.5) is 0 Å². The highest BCUT2D eigenvalue weighted by atomic mass is 79.9. The van der Waals surface area contributed by atoms with Gasteiger partial charge in [-0.2, -0.15) is 5.10 Å². The lowest BCUT2D eigenvalue weighted by Crippen LogP contribution is -2.30. The quantitative estimate of drug-likeness (QED) is 0.892. The van der Waals surface area contributed by atoms with Crippen molar-refractivity contribution in [1.29, 1.82) is 0 Å². The third-order valence-electron chi connectivity index (χ3n) is 2.55. The minimum atomic E-state index is -0.488. The fourth-order valence-corrected chi connectivity index (χ4v) is 2.18. The van der Waals surface area contributed by atoms with Crippen molar-refractivity contribution >= 4 is 27.5 Å². The van der Waals surface area contributed by atoms with Crippen molar-refractivity contribution in [3.8, 4) is 0 Å². The number of rotatable bonds is 2. The molecule has 0 atom stereocenters. The fraction of sp³-hybridized carbons (Fsp3) is 0.300. The summed E-state index contributed by atoms with van der Waals surface area (Å²) in [5.41, 5.74) is 0.461. The maximum Gasteiger partial charge on any atom is 0.328 e. The average molecular weight is 334 g/mol. The molecule has 6 nitrogen and oxygen atoms in total. The van der Waals surface area contributed by atoms with Gasteiger partial charge in [-0.15, -0.1) is 0 Å². The summed E-state index contributed by atoms with van der Waals surface area (Å²) in [5, 5.41) is 4.68. The van der Waals surface area contributed by atoms with Crippen LogP contribution in [0, 0.1) is 6.92 Å². The number of aromatic amines is 1.